The Morgan fingerprint density at radius 2 is 2.22 bits per heavy atom. The number of carbonyl (C=O) groups excluding carboxylic acids is 1. The molecule has 3 rings (SSSR count). The summed E-state index contributed by atoms with van der Waals surface area (Å²) in [6.07, 6.45) is 5.43. The zero-order valence-corrected chi connectivity index (χ0v) is 13.9. The number of hydrogen-bond donors (Lipinski definition) is 1. The molecule has 5 nitrogen and oxygen atoms in total. The fourth-order valence-electron chi connectivity index (χ4n) is 3.03. The summed E-state index contributed by atoms with van der Waals surface area (Å²) in [6.45, 7) is 4.67. The molecule has 1 aliphatic heterocycles. The normalized spacial score (nSPS) is 21.2. The maximum absolute atomic E-state index is 12.6. The van der Waals surface area contributed by atoms with E-state index in [0.717, 1.165) is 35.1 Å². The average Bonchev–Trinajstić information content (AvgIpc) is 2.97. The van der Waals surface area contributed by atoms with Gasteiger partial charge in [-0.3, -0.25) is 9.48 Å². The van der Waals surface area contributed by atoms with Gasteiger partial charge in [0.1, 0.15) is 0 Å². The molecule has 1 aliphatic rings. The van der Waals surface area contributed by atoms with Gasteiger partial charge in [-0.1, -0.05) is 12.1 Å². The quantitative estimate of drug-likeness (QED) is 0.948. The Labute approximate surface area is 136 Å². The van der Waals surface area contributed by atoms with Gasteiger partial charge in [0.05, 0.1) is 12.3 Å². The van der Waals surface area contributed by atoms with Gasteiger partial charge in [0.25, 0.3) is 5.91 Å². The number of nitrogens with one attached hydrogen (secondary N) is 1. The van der Waals surface area contributed by atoms with Crippen molar-refractivity contribution in [1.82, 2.24) is 15.1 Å². The third-order valence-electron chi connectivity index (χ3n) is 4.57. The molecule has 0 aliphatic carbocycles. The number of benzene rings is 1. The van der Waals surface area contributed by atoms with Gasteiger partial charge >= 0.3 is 0 Å². The molecule has 0 bridgehead atoms. The van der Waals surface area contributed by atoms with Crippen LogP contribution in [0, 0.1) is 13.8 Å². The SMILES string of the molecule is Cc1cccc(C(=O)N[C@H]2CCO[C@H](c3cnn(C)c3)C2)c1C. The van der Waals surface area contributed by atoms with Gasteiger partial charge in [-0.15, -0.1) is 0 Å². The predicted molar refractivity (Wildman–Crippen MR) is 88.3 cm³/mol. The second-order valence-electron chi connectivity index (χ2n) is 6.25. The lowest BCUT2D eigenvalue weighted by Crippen LogP contribution is -2.40. The van der Waals surface area contributed by atoms with Crippen molar-refractivity contribution < 1.29 is 9.53 Å². The lowest BCUT2D eigenvalue weighted by Gasteiger charge is -2.29. The zero-order chi connectivity index (χ0) is 16.4. The third kappa shape index (κ3) is 3.45. The van der Waals surface area contributed by atoms with E-state index >= 15 is 0 Å². The molecule has 122 valence electrons. The van der Waals surface area contributed by atoms with Gasteiger partial charge in [-0.25, -0.2) is 0 Å². The van der Waals surface area contributed by atoms with Crippen LogP contribution < -0.4 is 5.32 Å². The minimum Gasteiger partial charge on any atom is -0.373 e. The smallest absolute Gasteiger partial charge is 0.251 e. The number of aromatic nitrogens is 2. The van der Waals surface area contributed by atoms with Crippen LogP contribution in [-0.4, -0.2) is 28.3 Å². The van der Waals surface area contributed by atoms with Crippen molar-refractivity contribution in [3.05, 3.63) is 52.8 Å². The monoisotopic (exact) mass is 313 g/mol. The number of rotatable bonds is 3. The second-order valence-corrected chi connectivity index (χ2v) is 6.25. The summed E-state index contributed by atoms with van der Waals surface area (Å²) in [5.74, 6) is 0.00281. The first-order chi connectivity index (χ1) is 11.0. The number of nitrogens with zero attached hydrogens (tertiary/aromatic N) is 2. The Balaban J connectivity index is 1.67. The molecule has 1 saturated heterocycles. The molecular weight excluding hydrogens is 290 g/mol. The minimum atomic E-state index is 0.00126. The predicted octanol–water partition coefficient (Wildman–Crippen LogP) is 2.69. The highest BCUT2D eigenvalue weighted by Crippen LogP contribution is 2.28. The summed E-state index contributed by atoms with van der Waals surface area (Å²) in [5.41, 5.74) is 4.01. The van der Waals surface area contributed by atoms with E-state index in [9.17, 15) is 4.79 Å². The molecule has 1 N–H and O–H groups in total. The van der Waals surface area contributed by atoms with Gasteiger partial charge in [0.15, 0.2) is 0 Å². The Morgan fingerprint density at radius 3 is 2.96 bits per heavy atom. The van der Waals surface area contributed by atoms with Crippen LogP contribution in [0.3, 0.4) is 0 Å². The lowest BCUT2D eigenvalue weighted by molar-refractivity contribution is 0.000863. The summed E-state index contributed by atoms with van der Waals surface area (Å²) in [7, 11) is 1.89. The Morgan fingerprint density at radius 1 is 1.39 bits per heavy atom. The van der Waals surface area contributed by atoms with Crippen LogP contribution in [0.1, 0.15) is 46.0 Å². The molecule has 1 aromatic heterocycles. The summed E-state index contributed by atoms with van der Waals surface area (Å²) >= 11 is 0. The molecule has 23 heavy (non-hydrogen) atoms. The highest BCUT2D eigenvalue weighted by molar-refractivity contribution is 5.96. The van der Waals surface area contributed by atoms with E-state index in [2.05, 4.69) is 10.4 Å². The van der Waals surface area contributed by atoms with E-state index in [4.69, 9.17) is 4.74 Å². The number of ether oxygens (including phenoxy) is 1. The average molecular weight is 313 g/mol. The molecule has 0 spiro atoms. The van der Waals surface area contributed by atoms with E-state index in [1.807, 2.05) is 51.5 Å². The van der Waals surface area contributed by atoms with Gasteiger partial charge in [-0.05, 0) is 43.9 Å². The fourth-order valence-corrected chi connectivity index (χ4v) is 3.03. The second kappa shape index (κ2) is 6.54. The van der Waals surface area contributed by atoms with Crippen molar-refractivity contribution in [3.63, 3.8) is 0 Å². The largest absolute Gasteiger partial charge is 0.373 e. The molecule has 2 aromatic rings. The molecular formula is C18H23N3O2. The Hall–Kier alpha value is -2.14. The fraction of sp³-hybridized carbons (Fsp3) is 0.444. The number of hydrogen-bond acceptors (Lipinski definition) is 3. The molecule has 0 saturated carbocycles. The number of carbonyl (C=O) groups is 1. The van der Waals surface area contributed by atoms with Crippen LogP contribution in [0.4, 0.5) is 0 Å². The lowest BCUT2D eigenvalue weighted by atomic mass is 9.98. The Bertz CT molecular complexity index is 708. The summed E-state index contributed by atoms with van der Waals surface area (Å²) in [5, 5.41) is 7.36. The van der Waals surface area contributed by atoms with E-state index in [-0.39, 0.29) is 18.1 Å². The standard InChI is InChI=1S/C18H23N3O2/c1-12-5-4-6-16(13(12)2)18(22)20-15-7-8-23-17(9-15)14-10-19-21(3)11-14/h4-6,10-11,15,17H,7-9H2,1-3H3,(H,20,22)/t15-,17-/m0/s1. The van der Waals surface area contributed by atoms with Crippen molar-refractivity contribution >= 4 is 5.91 Å². The van der Waals surface area contributed by atoms with Gasteiger partial charge in [0.2, 0.25) is 0 Å². The molecule has 2 heterocycles. The van der Waals surface area contributed by atoms with Crippen molar-refractivity contribution in [2.45, 2.75) is 38.8 Å². The highest BCUT2D eigenvalue weighted by Gasteiger charge is 2.26. The third-order valence-corrected chi connectivity index (χ3v) is 4.57. The van der Waals surface area contributed by atoms with Crippen molar-refractivity contribution in [2.75, 3.05) is 6.61 Å². The highest BCUT2D eigenvalue weighted by atomic mass is 16.5. The molecule has 1 aromatic carbocycles. The molecule has 0 unspecified atom stereocenters. The van der Waals surface area contributed by atoms with Crippen molar-refractivity contribution in [1.29, 1.82) is 0 Å². The van der Waals surface area contributed by atoms with Crippen LogP contribution in [0.5, 0.6) is 0 Å². The molecule has 1 amide bonds. The molecule has 2 atom stereocenters. The van der Waals surface area contributed by atoms with Crippen LogP contribution in [0.15, 0.2) is 30.6 Å². The van der Waals surface area contributed by atoms with Crippen molar-refractivity contribution in [3.8, 4) is 0 Å². The minimum absolute atomic E-state index is 0.00126. The van der Waals surface area contributed by atoms with E-state index in [1.165, 1.54) is 0 Å². The van der Waals surface area contributed by atoms with Crippen LogP contribution in [-0.2, 0) is 11.8 Å². The van der Waals surface area contributed by atoms with Crippen molar-refractivity contribution in [2.24, 2.45) is 7.05 Å². The first-order valence-electron chi connectivity index (χ1n) is 8.02. The topological polar surface area (TPSA) is 56.1 Å². The van der Waals surface area contributed by atoms with Crippen LogP contribution in [0.2, 0.25) is 0 Å². The van der Waals surface area contributed by atoms with Gasteiger partial charge in [-0.2, -0.15) is 5.10 Å². The maximum Gasteiger partial charge on any atom is 0.251 e. The molecule has 0 radical (unpaired) electrons. The zero-order valence-electron chi connectivity index (χ0n) is 13.9. The van der Waals surface area contributed by atoms with E-state index < -0.39 is 0 Å². The van der Waals surface area contributed by atoms with Gasteiger partial charge in [0, 0.05) is 37.0 Å². The van der Waals surface area contributed by atoms with E-state index in [1.54, 1.807) is 4.68 Å². The molecule has 5 heteroatoms. The summed E-state index contributed by atoms with van der Waals surface area (Å²) in [6, 6.07) is 5.97. The van der Waals surface area contributed by atoms with Gasteiger partial charge < -0.3 is 10.1 Å². The number of amides is 1. The summed E-state index contributed by atoms with van der Waals surface area (Å²) < 4.78 is 7.61. The maximum atomic E-state index is 12.6. The first-order valence-corrected chi connectivity index (χ1v) is 8.02. The summed E-state index contributed by atoms with van der Waals surface area (Å²) in [4.78, 5) is 12.6. The van der Waals surface area contributed by atoms with Crippen LogP contribution in [0.25, 0.3) is 0 Å². The first kappa shape index (κ1) is 15.7. The molecule has 1 fully saturated rings. The van der Waals surface area contributed by atoms with E-state index in [0.29, 0.717) is 6.61 Å². The Kier molecular flexibility index (Phi) is 4.48. The number of aryl methyl sites for hydroxylation is 2. The van der Waals surface area contributed by atoms with Crippen LogP contribution >= 0.6 is 0 Å².